The average molecular weight is 520 g/mol. The number of aryl methyl sites for hydroxylation is 2. The maximum absolute atomic E-state index is 3.06. The Morgan fingerprint density at radius 1 is 0.594 bits per heavy atom. The van der Waals surface area contributed by atoms with E-state index in [0.717, 1.165) is 0 Å². The van der Waals surface area contributed by atoms with Crippen molar-refractivity contribution in [3.63, 3.8) is 0 Å². The van der Waals surface area contributed by atoms with Crippen LogP contribution < -0.4 is 0 Å². The first-order chi connectivity index (χ1) is 13.9. The van der Waals surface area contributed by atoms with Crippen molar-refractivity contribution in [2.45, 2.75) is 66.2 Å². The Kier molecular flexibility index (Phi) is 11.8. The van der Waals surface area contributed by atoms with E-state index in [1.54, 1.807) is 0 Å². The third-order valence-electron chi connectivity index (χ3n) is 5.44. The van der Waals surface area contributed by atoms with Crippen LogP contribution in [0.15, 0.2) is 60.7 Å². The van der Waals surface area contributed by atoms with E-state index in [1.807, 2.05) is 0 Å². The average Bonchev–Trinajstić information content (AvgIpc) is 3.21. The van der Waals surface area contributed by atoms with Gasteiger partial charge in [-0.1, -0.05) is 66.5 Å². The minimum absolute atomic E-state index is 0. The Hall–Kier alpha value is -1.24. The first kappa shape index (κ1) is 30.8. The summed E-state index contributed by atoms with van der Waals surface area (Å²) in [6.45, 7) is 20.9. The molecule has 2 heteroatoms. The molecule has 0 atom stereocenters. The molecule has 4 aromatic rings. The molecule has 2 radical (unpaired) electrons. The molecule has 0 bridgehead atoms. The summed E-state index contributed by atoms with van der Waals surface area (Å²) in [6.07, 6.45) is 0. The normalized spacial score (nSPS) is 10.8. The third kappa shape index (κ3) is 7.96. The Labute approximate surface area is 214 Å². The fourth-order valence-corrected chi connectivity index (χ4v) is 3.66. The van der Waals surface area contributed by atoms with Gasteiger partial charge in [-0.2, -0.15) is 12.1 Å². The van der Waals surface area contributed by atoms with Crippen LogP contribution in [-0.4, -0.2) is 6.88 Å². The summed E-state index contributed by atoms with van der Waals surface area (Å²) in [5, 5.41) is 5.45. The van der Waals surface area contributed by atoms with Crippen LogP contribution in [0.25, 0.3) is 21.5 Å². The van der Waals surface area contributed by atoms with Crippen LogP contribution >= 0.6 is 0 Å². The molecular formula is C30H40SiZr-4. The van der Waals surface area contributed by atoms with Crippen molar-refractivity contribution in [2.75, 3.05) is 0 Å². The summed E-state index contributed by atoms with van der Waals surface area (Å²) >= 11 is 1.36. The molecule has 0 unspecified atom stereocenters. The van der Waals surface area contributed by atoms with Gasteiger partial charge >= 0.3 is 30.2 Å². The molecule has 172 valence electrons. The zero-order valence-corrected chi connectivity index (χ0v) is 25.2. The molecule has 0 saturated heterocycles. The molecule has 0 aliphatic carbocycles. The Morgan fingerprint density at radius 3 is 1.19 bits per heavy atom. The van der Waals surface area contributed by atoms with Crippen LogP contribution in [0.2, 0.25) is 0 Å². The van der Waals surface area contributed by atoms with Crippen molar-refractivity contribution in [2.24, 2.45) is 0 Å². The number of hydrogen-bond acceptors (Lipinski definition) is 0. The number of fused-ring (bicyclic) bond motifs is 2. The van der Waals surface area contributed by atoms with Crippen molar-refractivity contribution in [3.05, 3.63) is 97.8 Å². The topological polar surface area (TPSA) is 0 Å². The zero-order valence-electron chi connectivity index (χ0n) is 21.8. The van der Waals surface area contributed by atoms with Crippen LogP contribution in [0.4, 0.5) is 0 Å². The second-order valence-electron chi connectivity index (χ2n) is 10.3. The number of rotatable bonds is 0. The van der Waals surface area contributed by atoms with E-state index in [4.69, 9.17) is 0 Å². The summed E-state index contributed by atoms with van der Waals surface area (Å²) in [4.78, 5) is 0. The fourth-order valence-electron chi connectivity index (χ4n) is 3.66. The van der Waals surface area contributed by atoms with E-state index < -0.39 is 0 Å². The maximum atomic E-state index is 3.06. The van der Waals surface area contributed by atoms with Crippen LogP contribution in [-0.2, 0) is 34.2 Å². The Morgan fingerprint density at radius 2 is 0.906 bits per heavy atom. The summed E-state index contributed by atoms with van der Waals surface area (Å²) < 4.78 is 0. The SMILES string of the molecule is Cc1cc2cc(C(C)(C)C)ccc2[cH-]1.Cc1cc2cc(C(C)(C)C)ccc2[cH-]1.[CH3-].[CH3-].[Si]=[Zr]. The van der Waals surface area contributed by atoms with Gasteiger partial charge in [0.15, 0.2) is 0 Å². The molecule has 0 amide bonds. The molecule has 0 N–H and O–H groups in total. The van der Waals surface area contributed by atoms with Crippen molar-refractivity contribution in [1.29, 1.82) is 0 Å². The fraction of sp³-hybridized carbons (Fsp3) is 0.333. The van der Waals surface area contributed by atoms with Gasteiger partial charge in [-0.3, -0.25) is 0 Å². The number of hydrogen-bond donors (Lipinski definition) is 0. The predicted octanol–water partition coefficient (Wildman–Crippen LogP) is 8.85. The zero-order chi connectivity index (χ0) is 22.7. The van der Waals surface area contributed by atoms with Gasteiger partial charge in [-0.15, -0.1) is 81.2 Å². The van der Waals surface area contributed by atoms with Crippen molar-refractivity contribution in [3.8, 4) is 0 Å². The van der Waals surface area contributed by atoms with Crippen LogP contribution in [0.5, 0.6) is 0 Å². The standard InChI is InChI=1S/2C14H17.2CH3.Si.Zr/c2*1-10-7-11-5-6-13(14(2,3)4)9-12(11)8-10;;;;/h2*5-9H,1-4H3;2*1H3;;/q4*-1;;. The van der Waals surface area contributed by atoms with E-state index >= 15 is 0 Å². The molecule has 0 fully saturated rings. The van der Waals surface area contributed by atoms with Gasteiger partial charge in [0.1, 0.15) is 0 Å². The molecule has 32 heavy (non-hydrogen) atoms. The molecule has 4 aromatic carbocycles. The summed E-state index contributed by atoms with van der Waals surface area (Å²) in [7, 11) is 0. The number of benzene rings is 2. The van der Waals surface area contributed by atoms with Crippen LogP contribution in [0, 0.1) is 28.7 Å². The van der Waals surface area contributed by atoms with E-state index in [0.29, 0.717) is 0 Å². The molecule has 0 saturated carbocycles. The summed E-state index contributed by atoms with van der Waals surface area (Å²) in [5.74, 6) is 0. The Bertz CT molecular complexity index is 1020. The van der Waals surface area contributed by atoms with Gasteiger partial charge in [0.25, 0.3) is 0 Å². The van der Waals surface area contributed by atoms with E-state index in [-0.39, 0.29) is 25.7 Å². The van der Waals surface area contributed by atoms with Gasteiger partial charge < -0.3 is 14.9 Å². The van der Waals surface area contributed by atoms with Gasteiger partial charge in [0, 0.05) is 0 Å². The molecule has 0 aromatic heterocycles. The van der Waals surface area contributed by atoms with E-state index in [1.165, 1.54) is 67.1 Å². The van der Waals surface area contributed by atoms with Crippen LogP contribution in [0.3, 0.4) is 0 Å². The van der Waals surface area contributed by atoms with Gasteiger partial charge in [0.05, 0.1) is 0 Å². The van der Waals surface area contributed by atoms with Gasteiger partial charge in [-0.05, 0) is 10.8 Å². The molecule has 0 nitrogen and oxygen atoms in total. The first-order valence-corrected chi connectivity index (χ1v) is 14.7. The van der Waals surface area contributed by atoms with Crippen molar-refractivity contribution in [1.82, 2.24) is 0 Å². The Balaban J connectivity index is 0.000000527. The van der Waals surface area contributed by atoms with Gasteiger partial charge in [0.2, 0.25) is 0 Å². The van der Waals surface area contributed by atoms with Gasteiger partial charge in [-0.25, -0.2) is 0 Å². The van der Waals surface area contributed by atoms with E-state index in [2.05, 4.69) is 123 Å². The quantitative estimate of drug-likeness (QED) is 0.161. The third-order valence-corrected chi connectivity index (χ3v) is 5.44. The van der Waals surface area contributed by atoms with Crippen molar-refractivity contribution >= 4 is 28.4 Å². The monoisotopic (exact) mass is 518 g/mol. The summed E-state index contributed by atoms with van der Waals surface area (Å²) in [6, 6.07) is 22.5. The summed E-state index contributed by atoms with van der Waals surface area (Å²) in [5.41, 5.74) is 6.03. The molecule has 0 spiro atoms. The molecule has 0 heterocycles. The minimum atomic E-state index is 0. The second-order valence-corrected chi connectivity index (χ2v) is 10.3. The molecule has 4 rings (SSSR count). The second kappa shape index (κ2) is 12.3. The van der Waals surface area contributed by atoms with E-state index in [9.17, 15) is 0 Å². The van der Waals surface area contributed by atoms with Crippen LogP contribution in [0.1, 0.15) is 63.8 Å². The first-order valence-electron chi connectivity index (χ1n) is 10.5. The molecule has 0 aliphatic rings. The predicted molar refractivity (Wildman–Crippen MR) is 145 cm³/mol. The molecule has 0 aliphatic heterocycles. The van der Waals surface area contributed by atoms with Crippen molar-refractivity contribution < 1.29 is 23.3 Å². The molecular weight excluding hydrogens is 480 g/mol.